The van der Waals surface area contributed by atoms with Crippen LogP contribution in [0.2, 0.25) is 0 Å². The predicted molar refractivity (Wildman–Crippen MR) is 77.2 cm³/mol. The van der Waals surface area contributed by atoms with E-state index in [0.29, 0.717) is 19.0 Å². The summed E-state index contributed by atoms with van der Waals surface area (Å²) in [5, 5.41) is 3.02. The molecule has 1 amide bonds. The van der Waals surface area contributed by atoms with Gasteiger partial charge in [0.05, 0.1) is 25.4 Å². The second-order valence-corrected chi connectivity index (χ2v) is 5.50. The number of fused-ring (bicyclic) bond motifs is 1. The van der Waals surface area contributed by atoms with Gasteiger partial charge in [-0.2, -0.15) is 0 Å². The van der Waals surface area contributed by atoms with Gasteiger partial charge in [-0.25, -0.2) is 0 Å². The molecule has 3 rings (SSSR count). The topological polar surface area (TPSA) is 56.8 Å². The Kier molecular flexibility index (Phi) is 4.72. The van der Waals surface area contributed by atoms with Crippen LogP contribution in [0.25, 0.3) is 0 Å². The second-order valence-electron chi connectivity index (χ2n) is 5.50. The Morgan fingerprint density at radius 1 is 1.14 bits per heavy atom. The number of hydrogen-bond acceptors (Lipinski definition) is 4. The Hall–Kier alpha value is -1.59. The number of rotatable bonds is 4. The third-order valence-electron chi connectivity index (χ3n) is 3.96. The van der Waals surface area contributed by atoms with Gasteiger partial charge in [0, 0.05) is 6.04 Å². The SMILES string of the molecule is O=C(COc1ccccc1)N[C@@H]1CC[C@H]2OCCO[C@@H]2C1. The van der Waals surface area contributed by atoms with Crippen LogP contribution in [0.4, 0.5) is 0 Å². The molecule has 0 spiro atoms. The van der Waals surface area contributed by atoms with Crippen molar-refractivity contribution in [2.24, 2.45) is 0 Å². The molecule has 0 bridgehead atoms. The van der Waals surface area contributed by atoms with Crippen molar-refractivity contribution in [3.63, 3.8) is 0 Å². The van der Waals surface area contributed by atoms with Crippen molar-refractivity contribution >= 4 is 5.91 Å². The van der Waals surface area contributed by atoms with E-state index in [-0.39, 0.29) is 30.8 Å². The zero-order chi connectivity index (χ0) is 14.5. The van der Waals surface area contributed by atoms with Crippen molar-refractivity contribution in [3.05, 3.63) is 30.3 Å². The van der Waals surface area contributed by atoms with Crippen LogP contribution in [0, 0.1) is 0 Å². The summed E-state index contributed by atoms with van der Waals surface area (Å²) in [6.45, 7) is 1.38. The fourth-order valence-corrected chi connectivity index (χ4v) is 2.93. The normalized spacial score (nSPS) is 28.5. The Labute approximate surface area is 124 Å². The van der Waals surface area contributed by atoms with Crippen molar-refractivity contribution in [2.45, 2.75) is 37.5 Å². The van der Waals surface area contributed by atoms with E-state index in [2.05, 4.69) is 5.32 Å². The highest BCUT2D eigenvalue weighted by atomic mass is 16.6. The first-order valence-corrected chi connectivity index (χ1v) is 7.51. The Bertz CT molecular complexity index is 465. The van der Waals surface area contributed by atoms with E-state index in [1.54, 1.807) is 0 Å². The highest BCUT2D eigenvalue weighted by molar-refractivity contribution is 5.77. The lowest BCUT2D eigenvalue weighted by Crippen LogP contribution is -2.49. The maximum Gasteiger partial charge on any atom is 0.258 e. The number of nitrogens with one attached hydrogen (secondary N) is 1. The first-order valence-electron chi connectivity index (χ1n) is 7.51. The first-order chi connectivity index (χ1) is 10.3. The maximum absolute atomic E-state index is 11.9. The summed E-state index contributed by atoms with van der Waals surface area (Å²) in [6.07, 6.45) is 3.01. The van der Waals surface area contributed by atoms with Crippen LogP contribution in [0.5, 0.6) is 5.75 Å². The number of benzene rings is 1. The van der Waals surface area contributed by atoms with Gasteiger partial charge in [0.1, 0.15) is 5.75 Å². The molecule has 2 fully saturated rings. The minimum Gasteiger partial charge on any atom is -0.484 e. The summed E-state index contributed by atoms with van der Waals surface area (Å²) in [6, 6.07) is 9.51. The summed E-state index contributed by atoms with van der Waals surface area (Å²) in [7, 11) is 0. The van der Waals surface area contributed by atoms with Crippen molar-refractivity contribution < 1.29 is 19.0 Å². The van der Waals surface area contributed by atoms with E-state index in [1.807, 2.05) is 30.3 Å². The molecule has 1 saturated heterocycles. The Morgan fingerprint density at radius 3 is 2.71 bits per heavy atom. The van der Waals surface area contributed by atoms with Crippen LogP contribution in [-0.2, 0) is 14.3 Å². The number of hydrogen-bond donors (Lipinski definition) is 1. The summed E-state index contributed by atoms with van der Waals surface area (Å²) in [5.41, 5.74) is 0. The van der Waals surface area contributed by atoms with Gasteiger partial charge in [-0.15, -0.1) is 0 Å². The van der Waals surface area contributed by atoms with E-state index >= 15 is 0 Å². The molecule has 2 aliphatic rings. The summed E-state index contributed by atoms with van der Waals surface area (Å²) < 4.78 is 16.8. The zero-order valence-corrected chi connectivity index (χ0v) is 12.0. The molecule has 1 aromatic carbocycles. The molecule has 1 aromatic rings. The number of carbonyl (C=O) groups is 1. The van der Waals surface area contributed by atoms with Crippen LogP contribution in [0.1, 0.15) is 19.3 Å². The van der Waals surface area contributed by atoms with Gasteiger partial charge in [-0.1, -0.05) is 18.2 Å². The third kappa shape index (κ3) is 3.95. The smallest absolute Gasteiger partial charge is 0.258 e. The molecule has 0 aromatic heterocycles. The van der Waals surface area contributed by atoms with Crippen molar-refractivity contribution in [1.29, 1.82) is 0 Å². The van der Waals surface area contributed by atoms with E-state index in [9.17, 15) is 4.79 Å². The molecule has 0 unspecified atom stereocenters. The van der Waals surface area contributed by atoms with Crippen LogP contribution in [-0.4, -0.2) is 44.0 Å². The predicted octanol–water partition coefficient (Wildman–Crippen LogP) is 1.52. The monoisotopic (exact) mass is 291 g/mol. The van der Waals surface area contributed by atoms with E-state index in [4.69, 9.17) is 14.2 Å². The average Bonchev–Trinajstić information content (AvgIpc) is 2.54. The van der Waals surface area contributed by atoms with E-state index < -0.39 is 0 Å². The molecule has 3 atom stereocenters. The van der Waals surface area contributed by atoms with Crippen LogP contribution in [0.3, 0.4) is 0 Å². The summed E-state index contributed by atoms with van der Waals surface area (Å²) >= 11 is 0. The van der Waals surface area contributed by atoms with Gasteiger partial charge in [-0.3, -0.25) is 4.79 Å². The lowest BCUT2D eigenvalue weighted by atomic mass is 9.89. The van der Waals surface area contributed by atoms with Gasteiger partial charge >= 0.3 is 0 Å². The zero-order valence-electron chi connectivity index (χ0n) is 12.0. The fraction of sp³-hybridized carbons (Fsp3) is 0.562. The molecule has 1 N–H and O–H groups in total. The van der Waals surface area contributed by atoms with Crippen LogP contribution < -0.4 is 10.1 Å². The van der Waals surface area contributed by atoms with Gasteiger partial charge in [0.25, 0.3) is 5.91 Å². The average molecular weight is 291 g/mol. The van der Waals surface area contributed by atoms with Gasteiger partial charge in [0.15, 0.2) is 6.61 Å². The fourth-order valence-electron chi connectivity index (χ4n) is 2.93. The third-order valence-corrected chi connectivity index (χ3v) is 3.96. The molecule has 1 heterocycles. The second kappa shape index (κ2) is 6.91. The highest BCUT2D eigenvalue weighted by Crippen LogP contribution is 2.26. The van der Waals surface area contributed by atoms with Crippen molar-refractivity contribution in [2.75, 3.05) is 19.8 Å². The molecule has 5 nitrogen and oxygen atoms in total. The van der Waals surface area contributed by atoms with E-state index in [1.165, 1.54) is 0 Å². The number of para-hydroxylation sites is 1. The van der Waals surface area contributed by atoms with Crippen LogP contribution in [0.15, 0.2) is 30.3 Å². The Morgan fingerprint density at radius 2 is 1.90 bits per heavy atom. The standard InChI is InChI=1S/C16H21NO4/c18-16(11-21-13-4-2-1-3-5-13)17-12-6-7-14-15(10-12)20-9-8-19-14/h1-5,12,14-15H,6-11H2,(H,17,18)/t12-,14-,15-/m1/s1. The minimum absolute atomic E-state index is 0.0476. The molecule has 1 saturated carbocycles. The quantitative estimate of drug-likeness (QED) is 0.914. The molecular weight excluding hydrogens is 270 g/mol. The molecule has 21 heavy (non-hydrogen) atoms. The molecular formula is C16H21NO4. The van der Waals surface area contributed by atoms with Crippen LogP contribution >= 0.6 is 0 Å². The van der Waals surface area contributed by atoms with Crippen molar-refractivity contribution in [1.82, 2.24) is 5.32 Å². The molecule has 5 heteroatoms. The van der Waals surface area contributed by atoms with E-state index in [0.717, 1.165) is 19.3 Å². The lowest BCUT2D eigenvalue weighted by molar-refractivity contribution is -0.158. The Balaban J connectivity index is 1.42. The maximum atomic E-state index is 11.9. The summed E-state index contributed by atoms with van der Waals surface area (Å²) in [5.74, 6) is 0.624. The van der Waals surface area contributed by atoms with Gasteiger partial charge in [0.2, 0.25) is 0 Å². The molecule has 0 radical (unpaired) electrons. The number of carbonyl (C=O) groups excluding carboxylic acids is 1. The molecule has 1 aliphatic carbocycles. The largest absolute Gasteiger partial charge is 0.484 e. The first kappa shape index (κ1) is 14.4. The molecule has 114 valence electrons. The van der Waals surface area contributed by atoms with Gasteiger partial charge < -0.3 is 19.5 Å². The number of ether oxygens (including phenoxy) is 3. The van der Waals surface area contributed by atoms with Gasteiger partial charge in [-0.05, 0) is 31.4 Å². The number of amides is 1. The van der Waals surface area contributed by atoms with Crippen molar-refractivity contribution in [3.8, 4) is 5.75 Å². The minimum atomic E-state index is -0.0842. The lowest BCUT2D eigenvalue weighted by Gasteiger charge is -2.39. The summed E-state index contributed by atoms with van der Waals surface area (Å²) in [4.78, 5) is 11.9. The highest BCUT2D eigenvalue weighted by Gasteiger charge is 2.34. The molecule has 1 aliphatic heterocycles.